The molecule has 0 amide bonds. The Balaban J connectivity index is 2.15. The minimum absolute atomic E-state index is 1.09. The molecule has 0 bridgehead atoms. The zero-order chi connectivity index (χ0) is 9.80. The molecule has 0 aliphatic carbocycles. The topological polar surface area (TPSA) is 13.1 Å². The lowest BCUT2D eigenvalue weighted by Gasteiger charge is -1.93. The van der Waals surface area contributed by atoms with E-state index in [1.165, 1.54) is 11.1 Å². The van der Waals surface area contributed by atoms with E-state index in [4.69, 9.17) is 4.42 Å². The van der Waals surface area contributed by atoms with Crippen molar-refractivity contribution in [3.8, 4) is 0 Å². The van der Waals surface area contributed by atoms with Gasteiger partial charge in [-0.3, -0.25) is 0 Å². The lowest BCUT2D eigenvalue weighted by atomic mass is 10.1. The summed E-state index contributed by atoms with van der Waals surface area (Å²) in [5.41, 5.74) is 3.58. The SMILES string of the molecule is Cc1ccc(C=Cc2ccoc2)cc1. The average molecular weight is 184 g/mol. The van der Waals surface area contributed by atoms with Gasteiger partial charge in [0.2, 0.25) is 0 Å². The first kappa shape index (κ1) is 8.82. The first-order valence-corrected chi connectivity index (χ1v) is 4.61. The minimum atomic E-state index is 1.09. The molecule has 0 aliphatic heterocycles. The number of rotatable bonds is 2. The summed E-state index contributed by atoms with van der Waals surface area (Å²) in [6.07, 6.45) is 7.51. The molecule has 70 valence electrons. The van der Waals surface area contributed by atoms with E-state index in [9.17, 15) is 0 Å². The molecule has 0 atom stereocenters. The number of benzene rings is 1. The Hall–Kier alpha value is -1.76. The number of hydrogen-bond acceptors (Lipinski definition) is 1. The Bertz CT molecular complexity index is 407. The van der Waals surface area contributed by atoms with Gasteiger partial charge in [-0.25, -0.2) is 0 Å². The predicted octanol–water partition coefficient (Wildman–Crippen LogP) is 3.76. The summed E-state index contributed by atoms with van der Waals surface area (Å²) in [4.78, 5) is 0. The first-order valence-electron chi connectivity index (χ1n) is 4.61. The summed E-state index contributed by atoms with van der Waals surface area (Å²) in [6.45, 7) is 2.09. The van der Waals surface area contributed by atoms with Crippen molar-refractivity contribution in [3.05, 3.63) is 59.5 Å². The quantitative estimate of drug-likeness (QED) is 0.692. The third-order valence-electron chi connectivity index (χ3n) is 2.09. The van der Waals surface area contributed by atoms with Crippen molar-refractivity contribution in [2.24, 2.45) is 0 Å². The van der Waals surface area contributed by atoms with Crippen molar-refractivity contribution in [1.29, 1.82) is 0 Å². The molecule has 1 aromatic heterocycles. The van der Waals surface area contributed by atoms with Crippen LogP contribution in [-0.2, 0) is 0 Å². The fourth-order valence-corrected chi connectivity index (χ4v) is 1.24. The fraction of sp³-hybridized carbons (Fsp3) is 0.0769. The van der Waals surface area contributed by atoms with Crippen LogP contribution in [-0.4, -0.2) is 0 Å². The van der Waals surface area contributed by atoms with Gasteiger partial charge in [0.05, 0.1) is 12.5 Å². The molecule has 0 spiro atoms. The lowest BCUT2D eigenvalue weighted by Crippen LogP contribution is -1.72. The highest BCUT2D eigenvalue weighted by Crippen LogP contribution is 2.09. The van der Waals surface area contributed by atoms with E-state index in [1.807, 2.05) is 12.1 Å². The van der Waals surface area contributed by atoms with E-state index in [-0.39, 0.29) is 0 Å². The van der Waals surface area contributed by atoms with Crippen molar-refractivity contribution >= 4 is 12.2 Å². The summed E-state index contributed by atoms with van der Waals surface area (Å²) < 4.78 is 4.97. The van der Waals surface area contributed by atoms with Gasteiger partial charge < -0.3 is 4.42 Å². The Kier molecular flexibility index (Phi) is 2.50. The van der Waals surface area contributed by atoms with E-state index in [0.717, 1.165) is 5.56 Å². The third-order valence-corrected chi connectivity index (χ3v) is 2.09. The Morgan fingerprint density at radius 1 is 0.929 bits per heavy atom. The van der Waals surface area contributed by atoms with Gasteiger partial charge in [-0.2, -0.15) is 0 Å². The van der Waals surface area contributed by atoms with E-state index in [1.54, 1.807) is 12.5 Å². The van der Waals surface area contributed by atoms with Crippen LogP contribution in [0.3, 0.4) is 0 Å². The fourth-order valence-electron chi connectivity index (χ4n) is 1.24. The van der Waals surface area contributed by atoms with Crippen LogP contribution in [0.25, 0.3) is 12.2 Å². The molecule has 2 rings (SSSR count). The zero-order valence-electron chi connectivity index (χ0n) is 8.10. The second kappa shape index (κ2) is 3.97. The van der Waals surface area contributed by atoms with Crippen LogP contribution in [0.1, 0.15) is 16.7 Å². The highest BCUT2D eigenvalue weighted by Gasteiger charge is 1.88. The van der Waals surface area contributed by atoms with Gasteiger partial charge in [-0.1, -0.05) is 42.0 Å². The average Bonchev–Trinajstić information content (AvgIpc) is 2.70. The van der Waals surface area contributed by atoms with Gasteiger partial charge >= 0.3 is 0 Å². The molecular weight excluding hydrogens is 172 g/mol. The number of hydrogen-bond donors (Lipinski definition) is 0. The van der Waals surface area contributed by atoms with Crippen LogP contribution in [0.4, 0.5) is 0 Å². The molecular formula is C13H12O. The molecule has 2 aromatic rings. The highest BCUT2D eigenvalue weighted by molar-refractivity contribution is 5.69. The highest BCUT2D eigenvalue weighted by atomic mass is 16.3. The molecule has 0 saturated carbocycles. The Morgan fingerprint density at radius 2 is 1.64 bits per heavy atom. The Labute approximate surface area is 83.7 Å². The largest absolute Gasteiger partial charge is 0.472 e. The maximum Gasteiger partial charge on any atom is 0.0974 e. The van der Waals surface area contributed by atoms with Crippen molar-refractivity contribution < 1.29 is 4.42 Å². The summed E-state index contributed by atoms with van der Waals surface area (Å²) in [5.74, 6) is 0. The zero-order valence-corrected chi connectivity index (χ0v) is 8.10. The van der Waals surface area contributed by atoms with Crippen LogP contribution in [0.2, 0.25) is 0 Å². The first-order chi connectivity index (χ1) is 6.84. The molecule has 1 heterocycles. The molecule has 1 nitrogen and oxygen atoms in total. The van der Waals surface area contributed by atoms with Gasteiger partial charge in [0.1, 0.15) is 0 Å². The van der Waals surface area contributed by atoms with Crippen molar-refractivity contribution in [3.63, 3.8) is 0 Å². The van der Waals surface area contributed by atoms with Gasteiger partial charge in [0, 0.05) is 5.56 Å². The predicted molar refractivity (Wildman–Crippen MR) is 58.8 cm³/mol. The minimum Gasteiger partial charge on any atom is -0.472 e. The van der Waals surface area contributed by atoms with Crippen molar-refractivity contribution in [1.82, 2.24) is 0 Å². The summed E-state index contributed by atoms with van der Waals surface area (Å²) in [5, 5.41) is 0. The maximum absolute atomic E-state index is 4.97. The van der Waals surface area contributed by atoms with Crippen LogP contribution in [0, 0.1) is 6.92 Å². The molecule has 0 aliphatic rings. The summed E-state index contributed by atoms with van der Waals surface area (Å²) in [7, 11) is 0. The van der Waals surface area contributed by atoms with Crippen LogP contribution >= 0.6 is 0 Å². The van der Waals surface area contributed by atoms with Gasteiger partial charge in [-0.15, -0.1) is 0 Å². The molecule has 1 aromatic carbocycles. The molecule has 0 N–H and O–H groups in total. The normalized spacial score (nSPS) is 10.9. The summed E-state index contributed by atoms with van der Waals surface area (Å²) in [6, 6.07) is 10.4. The van der Waals surface area contributed by atoms with Gasteiger partial charge in [0.15, 0.2) is 0 Å². The van der Waals surface area contributed by atoms with E-state index in [0.29, 0.717) is 0 Å². The molecule has 0 fully saturated rings. The standard InChI is InChI=1S/C13H12O/c1-11-2-4-12(5-3-11)6-7-13-8-9-14-10-13/h2-10H,1H3. The van der Waals surface area contributed by atoms with E-state index < -0.39 is 0 Å². The monoisotopic (exact) mass is 184 g/mol. The number of aryl methyl sites for hydroxylation is 1. The van der Waals surface area contributed by atoms with Crippen LogP contribution in [0.15, 0.2) is 47.3 Å². The lowest BCUT2D eigenvalue weighted by molar-refractivity contribution is 0.567. The molecule has 0 unspecified atom stereocenters. The van der Waals surface area contributed by atoms with Crippen molar-refractivity contribution in [2.75, 3.05) is 0 Å². The second-order valence-electron chi connectivity index (χ2n) is 3.30. The molecule has 14 heavy (non-hydrogen) atoms. The number of furan rings is 1. The molecule has 0 saturated heterocycles. The van der Waals surface area contributed by atoms with Crippen LogP contribution < -0.4 is 0 Å². The van der Waals surface area contributed by atoms with Gasteiger partial charge in [-0.05, 0) is 18.6 Å². The Morgan fingerprint density at radius 3 is 2.29 bits per heavy atom. The second-order valence-corrected chi connectivity index (χ2v) is 3.30. The van der Waals surface area contributed by atoms with Crippen LogP contribution in [0.5, 0.6) is 0 Å². The third kappa shape index (κ3) is 2.13. The van der Waals surface area contributed by atoms with E-state index >= 15 is 0 Å². The molecule has 1 heteroatoms. The smallest absolute Gasteiger partial charge is 0.0974 e. The molecule has 0 radical (unpaired) electrons. The summed E-state index contributed by atoms with van der Waals surface area (Å²) >= 11 is 0. The van der Waals surface area contributed by atoms with Crippen molar-refractivity contribution in [2.45, 2.75) is 6.92 Å². The van der Waals surface area contributed by atoms with Gasteiger partial charge in [0.25, 0.3) is 0 Å². The maximum atomic E-state index is 4.97. The van der Waals surface area contributed by atoms with E-state index in [2.05, 4.69) is 37.3 Å².